The molecule has 4 nitrogen and oxygen atoms in total. The van der Waals surface area contributed by atoms with E-state index in [1.165, 1.54) is 22.4 Å². The summed E-state index contributed by atoms with van der Waals surface area (Å²) >= 11 is 3.44. The molecule has 0 saturated carbocycles. The fourth-order valence-electron chi connectivity index (χ4n) is 3.35. The van der Waals surface area contributed by atoms with Gasteiger partial charge in [0.25, 0.3) is 0 Å². The van der Waals surface area contributed by atoms with Gasteiger partial charge in [-0.3, -0.25) is 4.90 Å². The number of rotatable bonds is 5. The summed E-state index contributed by atoms with van der Waals surface area (Å²) in [4.78, 5) is 14.4. The highest BCUT2D eigenvalue weighted by Gasteiger charge is 2.23. The molecule has 2 N–H and O–H groups in total. The Morgan fingerprint density at radius 2 is 2.08 bits per heavy atom. The number of nitrogen functional groups attached to an aromatic ring is 1. The lowest BCUT2D eigenvalue weighted by Crippen LogP contribution is -2.30. The zero-order valence-electron chi connectivity index (χ0n) is 14.4. The summed E-state index contributed by atoms with van der Waals surface area (Å²) in [6.45, 7) is 5.53. The molecule has 2 aromatic heterocycles. The van der Waals surface area contributed by atoms with Gasteiger partial charge in [-0.05, 0) is 30.5 Å². The summed E-state index contributed by atoms with van der Waals surface area (Å²) in [5, 5.41) is 1.87. The minimum atomic E-state index is 0.641. The predicted molar refractivity (Wildman–Crippen MR) is 107 cm³/mol. The van der Waals surface area contributed by atoms with Gasteiger partial charge in [-0.1, -0.05) is 49.0 Å². The largest absolute Gasteiger partial charge is 0.383 e. The number of nitrogens with zero attached hydrogens (tertiary/aromatic N) is 3. The molecule has 1 aromatic carbocycles. The van der Waals surface area contributed by atoms with E-state index in [4.69, 9.17) is 10.7 Å². The van der Waals surface area contributed by atoms with E-state index in [9.17, 15) is 0 Å². The minimum Gasteiger partial charge on any atom is -0.383 e. The minimum absolute atomic E-state index is 0.641. The monoisotopic (exact) mass is 370 g/mol. The Balaban J connectivity index is 1.60. The van der Waals surface area contributed by atoms with Crippen molar-refractivity contribution in [1.29, 1.82) is 0 Å². The fraction of sp³-hybridized carbons (Fsp3) is 0.368. The SMILES string of the molecule is CCCN1CCc2c(sc3nc(SCc4ccccc4)nc(N)c23)C1. The third-order valence-corrected chi connectivity index (χ3v) is 6.57. The van der Waals surface area contributed by atoms with Crippen molar-refractivity contribution in [3.05, 3.63) is 46.3 Å². The van der Waals surface area contributed by atoms with Crippen LogP contribution in [0.3, 0.4) is 0 Å². The number of thioether (sulfide) groups is 1. The Labute approximate surface area is 156 Å². The van der Waals surface area contributed by atoms with E-state index < -0.39 is 0 Å². The van der Waals surface area contributed by atoms with Crippen LogP contribution < -0.4 is 5.73 Å². The lowest BCUT2D eigenvalue weighted by Gasteiger charge is -2.26. The topological polar surface area (TPSA) is 55.0 Å². The van der Waals surface area contributed by atoms with Crippen molar-refractivity contribution >= 4 is 39.1 Å². The average Bonchev–Trinajstić information content (AvgIpc) is 2.99. The lowest BCUT2D eigenvalue weighted by molar-refractivity contribution is 0.258. The predicted octanol–water partition coefficient (Wildman–Crippen LogP) is 4.33. The van der Waals surface area contributed by atoms with Crippen molar-refractivity contribution in [2.24, 2.45) is 0 Å². The maximum Gasteiger partial charge on any atom is 0.191 e. The first-order valence-corrected chi connectivity index (χ1v) is 10.5. The molecule has 130 valence electrons. The standard InChI is InChI=1S/C19H22N4S2/c1-2-9-23-10-8-14-15(11-23)25-18-16(14)17(20)21-19(22-18)24-12-13-6-4-3-5-7-13/h3-7H,2,8-12H2,1H3,(H2,20,21,22). The van der Waals surface area contributed by atoms with Gasteiger partial charge >= 0.3 is 0 Å². The molecule has 6 heteroatoms. The molecule has 0 unspecified atom stereocenters. The summed E-state index contributed by atoms with van der Waals surface area (Å²) in [6, 6.07) is 10.4. The van der Waals surface area contributed by atoms with E-state index >= 15 is 0 Å². The van der Waals surface area contributed by atoms with E-state index in [2.05, 4.69) is 41.1 Å². The number of benzene rings is 1. The summed E-state index contributed by atoms with van der Waals surface area (Å²) in [5.41, 5.74) is 8.97. The van der Waals surface area contributed by atoms with Gasteiger partial charge in [0.05, 0.1) is 5.39 Å². The molecule has 0 spiro atoms. The molecular weight excluding hydrogens is 348 g/mol. The Bertz CT molecular complexity index is 876. The molecule has 4 rings (SSSR count). The second-order valence-corrected chi connectivity index (χ2v) is 8.40. The smallest absolute Gasteiger partial charge is 0.191 e. The van der Waals surface area contributed by atoms with Crippen molar-refractivity contribution in [2.75, 3.05) is 18.8 Å². The van der Waals surface area contributed by atoms with E-state index in [0.717, 1.165) is 47.2 Å². The van der Waals surface area contributed by atoms with Crippen LogP contribution in [0.2, 0.25) is 0 Å². The lowest BCUT2D eigenvalue weighted by atomic mass is 10.1. The number of fused-ring (bicyclic) bond motifs is 3. The van der Waals surface area contributed by atoms with Gasteiger partial charge in [-0.25, -0.2) is 9.97 Å². The highest BCUT2D eigenvalue weighted by atomic mass is 32.2. The number of anilines is 1. The molecule has 0 amide bonds. The molecule has 0 radical (unpaired) electrons. The van der Waals surface area contributed by atoms with E-state index in [1.54, 1.807) is 23.1 Å². The van der Waals surface area contributed by atoms with Crippen LogP contribution in [0.25, 0.3) is 10.2 Å². The molecule has 1 aliphatic rings. The normalized spacial score (nSPS) is 14.8. The maximum atomic E-state index is 6.32. The van der Waals surface area contributed by atoms with Crippen molar-refractivity contribution < 1.29 is 0 Å². The van der Waals surface area contributed by atoms with Crippen molar-refractivity contribution in [1.82, 2.24) is 14.9 Å². The maximum absolute atomic E-state index is 6.32. The van der Waals surface area contributed by atoms with Crippen molar-refractivity contribution in [3.8, 4) is 0 Å². The summed E-state index contributed by atoms with van der Waals surface area (Å²) in [6.07, 6.45) is 2.25. The van der Waals surface area contributed by atoms with E-state index in [1.807, 2.05) is 6.07 Å². The van der Waals surface area contributed by atoms with Gasteiger partial charge < -0.3 is 5.73 Å². The number of aromatic nitrogens is 2. The molecule has 0 saturated heterocycles. The number of thiophene rings is 1. The van der Waals surface area contributed by atoms with Crippen molar-refractivity contribution in [2.45, 2.75) is 37.2 Å². The zero-order valence-corrected chi connectivity index (χ0v) is 16.0. The number of hydrogen-bond acceptors (Lipinski definition) is 6. The molecule has 3 aromatic rings. The fourth-order valence-corrected chi connectivity index (χ4v) is 5.48. The van der Waals surface area contributed by atoms with Crippen LogP contribution in [0.5, 0.6) is 0 Å². The van der Waals surface area contributed by atoms with Gasteiger partial charge in [-0.2, -0.15) is 0 Å². The summed E-state index contributed by atoms with van der Waals surface area (Å²) in [7, 11) is 0. The third-order valence-electron chi connectivity index (χ3n) is 4.54. The second-order valence-electron chi connectivity index (χ2n) is 6.38. The second kappa shape index (κ2) is 7.32. The summed E-state index contributed by atoms with van der Waals surface area (Å²) in [5.74, 6) is 1.50. The van der Waals surface area contributed by atoms with E-state index in [0.29, 0.717) is 5.82 Å². The first-order chi connectivity index (χ1) is 12.2. The van der Waals surface area contributed by atoms with Gasteiger partial charge in [0.15, 0.2) is 5.16 Å². The quantitative estimate of drug-likeness (QED) is 0.535. The van der Waals surface area contributed by atoms with E-state index in [-0.39, 0.29) is 0 Å². The number of hydrogen-bond donors (Lipinski definition) is 1. The van der Waals surface area contributed by atoms with Crippen LogP contribution in [0.15, 0.2) is 35.5 Å². The highest BCUT2D eigenvalue weighted by Crippen LogP contribution is 2.38. The van der Waals surface area contributed by atoms with Crippen LogP contribution in [0.1, 0.15) is 29.3 Å². The molecule has 0 fully saturated rings. The van der Waals surface area contributed by atoms with Crippen LogP contribution in [0, 0.1) is 0 Å². The van der Waals surface area contributed by atoms with Crippen LogP contribution in [-0.4, -0.2) is 28.0 Å². The first kappa shape index (κ1) is 16.8. The van der Waals surface area contributed by atoms with Gasteiger partial charge in [0.1, 0.15) is 10.6 Å². The Hall–Kier alpha value is -1.63. The Morgan fingerprint density at radius 3 is 2.88 bits per heavy atom. The molecular formula is C19H22N4S2. The molecule has 0 bridgehead atoms. The molecule has 1 aliphatic heterocycles. The molecule has 3 heterocycles. The van der Waals surface area contributed by atoms with Crippen LogP contribution >= 0.6 is 23.1 Å². The first-order valence-electron chi connectivity index (χ1n) is 8.71. The highest BCUT2D eigenvalue weighted by molar-refractivity contribution is 7.98. The Kier molecular flexibility index (Phi) is 4.92. The van der Waals surface area contributed by atoms with Gasteiger partial charge in [0, 0.05) is 23.7 Å². The molecule has 0 atom stereocenters. The van der Waals surface area contributed by atoms with Crippen LogP contribution in [-0.2, 0) is 18.7 Å². The molecule has 25 heavy (non-hydrogen) atoms. The average molecular weight is 371 g/mol. The van der Waals surface area contributed by atoms with Gasteiger partial charge in [0.2, 0.25) is 0 Å². The Morgan fingerprint density at radius 1 is 1.24 bits per heavy atom. The van der Waals surface area contributed by atoms with Crippen LogP contribution in [0.4, 0.5) is 5.82 Å². The van der Waals surface area contributed by atoms with Gasteiger partial charge in [-0.15, -0.1) is 11.3 Å². The zero-order chi connectivity index (χ0) is 17.2. The summed E-state index contributed by atoms with van der Waals surface area (Å²) < 4.78 is 0. The van der Waals surface area contributed by atoms with Crippen molar-refractivity contribution in [3.63, 3.8) is 0 Å². The number of nitrogens with two attached hydrogens (primary N) is 1. The molecule has 0 aliphatic carbocycles. The third kappa shape index (κ3) is 3.52.